The van der Waals surface area contributed by atoms with E-state index < -0.39 is 53.1 Å². The maximum atomic E-state index is 14.6. The smallest absolute Gasteiger partial charge is 0.308 e. The molecule has 3 fully saturated rings. The van der Waals surface area contributed by atoms with Gasteiger partial charge in [-0.2, -0.15) is 0 Å². The lowest BCUT2D eigenvalue weighted by Gasteiger charge is -2.41. The SMILES string of the molecule is CN[C@@H](C)C(=O)N1CCC[C@H]1C(=O)NC1(C(=O)N(C)[C@H](C(=O)N(C)[C@@H](CC(=O)OC(C)(C)C)C(=O)N(C)C)C2CCCC2)CCCC1. The van der Waals surface area contributed by atoms with Crippen molar-refractivity contribution < 1.29 is 33.5 Å². The summed E-state index contributed by atoms with van der Waals surface area (Å²) >= 11 is 0. The number of hydrogen-bond acceptors (Lipinski definition) is 8. The van der Waals surface area contributed by atoms with Crippen molar-refractivity contribution in [2.75, 3.05) is 41.8 Å². The molecule has 1 heterocycles. The maximum Gasteiger partial charge on any atom is 0.308 e. The summed E-state index contributed by atoms with van der Waals surface area (Å²) in [5, 5.41) is 6.03. The van der Waals surface area contributed by atoms with Gasteiger partial charge >= 0.3 is 5.97 Å². The molecule has 47 heavy (non-hydrogen) atoms. The molecule has 3 rings (SSSR count). The first-order valence-corrected chi connectivity index (χ1v) is 17.2. The summed E-state index contributed by atoms with van der Waals surface area (Å²) in [6, 6.07) is -3.12. The van der Waals surface area contributed by atoms with Crippen LogP contribution in [0.1, 0.15) is 98.3 Å². The molecule has 0 aromatic rings. The zero-order chi connectivity index (χ0) is 35.3. The Balaban J connectivity index is 1.90. The van der Waals surface area contributed by atoms with Gasteiger partial charge in [0, 0.05) is 34.7 Å². The summed E-state index contributed by atoms with van der Waals surface area (Å²) in [7, 11) is 7.95. The van der Waals surface area contributed by atoms with E-state index in [9.17, 15) is 28.8 Å². The molecule has 13 heteroatoms. The Kier molecular flexibility index (Phi) is 12.8. The number of ether oxygens (including phenoxy) is 1. The zero-order valence-electron chi connectivity index (χ0n) is 30.0. The molecule has 2 saturated carbocycles. The molecular formula is C34H58N6O7. The number of carbonyl (C=O) groups is 6. The number of hydrogen-bond donors (Lipinski definition) is 2. The Bertz CT molecular complexity index is 1170. The van der Waals surface area contributed by atoms with Crippen LogP contribution in [0.15, 0.2) is 0 Å². The van der Waals surface area contributed by atoms with Gasteiger partial charge in [0.25, 0.3) is 0 Å². The lowest BCUT2D eigenvalue weighted by molar-refractivity contribution is -0.161. The van der Waals surface area contributed by atoms with Crippen LogP contribution in [-0.4, -0.2) is 132 Å². The van der Waals surface area contributed by atoms with Crippen LogP contribution in [0.2, 0.25) is 0 Å². The molecule has 0 aromatic heterocycles. The van der Waals surface area contributed by atoms with E-state index in [-0.39, 0.29) is 30.1 Å². The van der Waals surface area contributed by atoms with Crippen LogP contribution in [-0.2, 0) is 33.5 Å². The predicted molar refractivity (Wildman–Crippen MR) is 177 cm³/mol. The first-order valence-electron chi connectivity index (χ1n) is 17.2. The summed E-state index contributed by atoms with van der Waals surface area (Å²) in [6.07, 6.45) is 6.52. The predicted octanol–water partition coefficient (Wildman–Crippen LogP) is 1.68. The average molecular weight is 663 g/mol. The number of likely N-dealkylation sites (N-methyl/N-ethyl adjacent to an activating group) is 4. The van der Waals surface area contributed by atoms with Crippen molar-refractivity contribution in [2.45, 2.75) is 134 Å². The Morgan fingerprint density at radius 3 is 2.00 bits per heavy atom. The highest BCUT2D eigenvalue weighted by atomic mass is 16.6. The molecule has 0 spiro atoms. The monoisotopic (exact) mass is 662 g/mol. The van der Waals surface area contributed by atoms with E-state index in [1.807, 2.05) is 0 Å². The molecule has 5 amide bonds. The Morgan fingerprint density at radius 1 is 0.872 bits per heavy atom. The third kappa shape index (κ3) is 9.03. The lowest BCUT2D eigenvalue weighted by atomic mass is 9.90. The van der Waals surface area contributed by atoms with Gasteiger partial charge in [-0.05, 0) is 79.2 Å². The third-order valence-electron chi connectivity index (χ3n) is 10.0. The molecule has 266 valence electrons. The molecule has 1 saturated heterocycles. The van der Waals surface area contributed by atoms with Gasteiger partial charge in [0.05, 0.1) is 12.5 Å². The van der Waals surface area contributed by atoms with Crippen molar-refractivity contribution in [3.63, 3.8) is 0 Å². The van der Waals surface area contributed by atoms with E-state index in [0.717, 1.165) is 38.5 Å². The van der Waals surface area contributed by atoms with Crippen LogP contribution in [0.4, 0.5) is 0 Å². The van der Waals surface area contributed by atoms with E-state index in [1.165, 1.54) is 21.7 Å². The summed E-state index contributed by atoms with van der Waals surface area (Å²) in [5.74, 6) is -2.44. The van der Waals surface area contributed by atoms with Crippen LogP contribution >= 0.6 is 0 Å². The highest BCUT2D eigenvalue weighted by molar-refractivity contribution is 5.98. The molecule has 0 radical (unpaired) electrons. The van der Waals surface area contributed by atoms with Crippen molar-refractivity contribution in [2.24, 2.45) is 5.92 Å². The highest BCUT2D eigenvalue weighted by Gasteiger charge is 2.50. The maximum absolute atomic E-state index is 14.6. The van der Waals surface area contributed by atoms with Crippen molar-refractivity contribution >= 4 is 35.5 Å². The minimum absolute atomic E-state index is 0.143. The van der Waals surface area contributed by atoms with E-state index >= 15 is 0 Å². The molecular weight excluding hydrogens is 604 g/mol. The minimum Gasteiger partial charge on any atom is -0.460 e. The van der Waals surface area contributed by atoms with Gasteiger partial charge in [-0.3, -0.25) is 28.8 Å². The topological polar surface area (TPSA) is 149 Å². The zero-order valence-corrected chi connectivity index (χ0v) is 30.0. The number of likely N-dealkylation sites (tertiary alicyclic amines) is 1. The second kappa shape index (κ2) is 15.8. The molecule has 13 nitrogen and oxygen atoms in total. The molecule has 1 aliphatic heterocycles. The van der Waals surface area contributed by atoms with Gasteiger partial charge in [0.1, 0.15) is 29.3 Å². The average Bonchev–Trinajstić information content (AvgIpc) is 3.80. The number of rotatable bonds is 12. The Labute approximate surface area is 280 Å². The summed E-state index contributed by atoms with van der Waals surface area (Å²) in [5.41, 5.74) is -1.97. The fourth-order valence-electron chi connectivity index (χ4n) is 7.38. The van der Waals surface area contributed by atoms with Crippen molar-refractivity contribution in [1.82, 2.24) is 30.2 Å². The number of nitrogens with zero attached hydrogens (tertiary/aromatic N) is 4. The second-order valence-corrected chi connectivity index (χ2v) is 14.9. The molecule has 3 aliphatic rings. The van der Waals surface area contributed by atoms with Crippen LogP contribution in [0.5, 0.6) is 0 Å². The number of esters is 1. The Hall–Kier alpha value is -3.22. The largest absolute Gasteiger partial charge is 0.460 e. The van der Waals surface area contributed by atoms with E-state index in [4.69, 9.17) is 4.74 Å². The van der Waals surface area contributed by atoms with E-state index in [1.54, 1.807) is 60.8 Å². The van der Waals surface area contributed by atoms with Crippen molar-refractivity contribution in [3.8, 4) is 0 Å². The van der Waals surface area contributed by atoms with Gasteiger partial charge in [-0.1, -0.05) is 25.7 Å². The number of amides is 5. The van der Waals surface area contributed by atoms with Crippen LogP contribution < -0.4 is 10.6 Å². The first kappa shape index (κ1) is 38.2. The molecule has 0 bridgehead atoms. The summed E-state index contributed by atoms with van der Waals surface area (Å²) in [4.78, 5) is 87.8. The molecule has 4 atom stereocenters. The molecule has 2 N–H and O–H groups in total. The molecule has 0 aromatic carbocycles. The molecule has 2 aliphatic carbocycles. The van der Waals surface area contributed by atoms with Gasteiger partial charge in [-0.25, -0.2) is 0 Å². The van der Waals surface area contributed by atoms with Crippen LogP contribution in [0.3, 0.4) is 0 Å². The van der Waals surface area contributed by atoms with Crippen LogP contribution in [0.25, 0.3) is 0 Å². The van der Waals surface area contributed by atoms with Gasteiger partial charge in [0.15, 0.2) is 0 Å². The van der Waals surface area contributed by atoms with Crippen LogP contribution in [0, 0.1) is 5.92 Å². The molecule has 0 unspecified atom stereocenters. The Morgan fingerprint density at radius 2 is 1.47 bits per heavy atom. The van der Waals surface area contributed by atoms with E-state index in [2.05, 4.69) is 10.6 Å². The van der Waals surface area contributed by atoms with Crippen molar-refractivity contribution in [1.29, 1.82) is 0 Å². The quantitative estimate of drug-likeness (QED) is 0.300. The van der Waals surface area contributed by atoms with Gasteiger partial charge in [-0.15, -0.1) is 0 Å². The number of carbonyl (C=O) groups excluding carboxylic acids is 6. The lowest BCUT2D eigenvalue weighted by Crippen LogP contribution is -2.65. The first-order chi connectivity index (χ1) is 21.9. The highest BCUT2D eigenvalue weighted by Crippen LogP contribution is 2.36. The standard InChI is InChI=1S/C34H58N6O7/c1-22(35-5)29(43)40-20-14-17-24(40)28(42)36-34(18-12-13-19-34)32(46)39(9)27(23-15-10-11-16-23)31(45)38(8)25(30(44)37(6)7)21-26(41)47-33(2,3)4/h22-25,27,35H,10-21H2,1-9H3,(H,36,42)/t22-,24-,25-,27-/m0/s1. The summed E-state index contributed by atoms with van der Waals surface area (Å²) in [6.45, 7) is 7.45. The fourth-order valence-corrected chi connectivity index (χ4v) is 7.38. The minimum atomic E-state index is -1.21. The van der Waals surface area contributed by atoms with Gasteiger partial charge in [0.2, 0.25) is 29.5 Å². The summed E-state index contributed by atoms with van der Waals surface area (Å²) < 4.78 is 5.50. The van der Waals surface area contributed by atoms with Crippen molar-refractivity contribution in [3.05, 3.63) is 0 Å². The normalized spacial score (nSPS) is 21.5. The fraction of sp³-hybridized carbons (Fsp3) is 0.824. The van der Waals surface area contributed by atoms with E-state index in [0.29, 0.717) is 32.2 Å². The number of nitrogens with one attached hydrogen (secondary N) is 2. The van der Waals surface area contributed by atoms with Gasteiger partial charge < -0.3 is 35.0 Å². The third-order valence-corrected chi connectivity index (χ3v) is 10.0. The second-order valence-electron chi connectivity index (χ2n) is 14.9.